The lowest BCUT2D eigenvalue weighted by Crippen LogP contribution is -2.39. The molecule has 3 aromatic carbocycles. The average molecular weight is 415 g/mol. The van der Waals surface area contributed by atoms with Crippen LogP contribution in [-0.4, -0.2) is 33.5 Å². The molecule has 1 aliphatic rings. The number of benzene rings is 3. The van der Waals surface area contributed by atoms with Gasteiger partial charge >= 0.3 is 5.97 Å². The van der Waals surface area contributed by atoms with E-state index in [0.29, 0.717) is 6.42 Å². The first-order valence-electron chi connectivity index (χ1n) is 10.2. The molecule has 150 valence electrons. The van der Waals surface area contributed by atoms with Crippen molar-refractivity contribution < 1.29 is 9.90 Å². The molecule has 1 fully saturated rings. The van der Waals surface area contributed by atoms with Crippen LogP contribution in [0.3, 0.4) is 0 Å². The van der Waals surface area contributed by atoms with Gasteiger partial charge in [-0.25, -0.2) is 4.98 Å². The van der Waals surface area contributed by atoms with Crippen LogP contribution in [-0.2, 0) is 4.79 Å². The van der Waals surface area contributed by atoms with E-state index in [1.165, 1.54) is 5.56 Å². The fraction of sp³-hybridized carbons (Fsp3) is 0.200. The molecule has 5 rings (SSSR count). The molecule has 2 heterocycles. The summed E-state index contributed by atoms with van der Waals surface area (Å²) >= 11 is 1.66. The number of para-hydroxylation sites is 1. The van der Waals surface area contributed by atoms with Crippen LogP contribution in [0.2, 0.25) is 0 Å². The van der Waals surface area contributed by atoms with Gasteiger partial charge < -0.3 is 5.11 Å². The number of hydrogen-bond donors (Lipinski definition) is 1. The second kappa shape index (κ2) is 8.01. The molecule has 0 bridgehead atoms. The molecule has 0 spiro atoms. The number of aromatic nitrogens is 1. The van der Waals surface area contributed by atoms with E-state index in [0.717, 1.165) is 39.3 Å². The van der Waals surface area contributed by atoms with Crippen LogP contribution >= 0.6 is 11.3 Å². The van der Waals surface area contributed by atoms with E-state index in [4.69, 9.17) is 4.98 Å². The number of aliphatic carboxylic acids is 1. The Balaban J connectivity index is 1.58. The van der Waals surface area contributed by atoms with Crippen molar-refractivity contribution in [3.8, 4) is 11.1 Å². The lowest BCUT2D eigenvalue weighted by molar-refractivity contribution is -0.142. The second-order valence-corrected chi connectivity index (χ2v) is 8.71. The lowest BCUT2D eigenvalue weighted by atomic mass is 9.99. The van der Waals surface area contributed by atoms with Crippen LogP contribution in [0.15, 0.2) is 78.9 Å². The first kappa shape index (κ1) is 19.0. The number of carbonyl (C=O) groups is 1. The first-order chi connectivity index (χ1) is 14.7. The Labute approximate surface area is 179 Å². The topological polar surface area (TPSA) is 53.4 Å². The summed E-state index contributed by atoms with van der Waals surface area (Å²) in [6, 6.07) is 26.2. The number of thiazole rings is 1. The molecule has 1 aromatic heterocycles. The van der Waals surface area contributed by atoms with Gasteiger partial charge in [-0.05, 0) is 41.7 Å². The molecule has 0 aliphatic carbocycles. The standard InChI is InChI=1S/C25H22N2O2S/c28-25(29)21-10-6-16-27(21)23(24-26-20-9-4-5-11-22(20)30-24)19-14-12-18(13-15-19)17-7-2-1-3-8-17/h1-5,7-9,11-15,21,23H,6,10,16H2,(H,28,29). The van der Waals surface area contributed by atoms with E-state index >= 15 is 0 Å². The van der Waals surface area contributed by atoms with Crippen molar-refractivity contribution in [2.24, 2.45) is 0 Å². The number of hydrogen-bond acceptors (Lipinski definition) is 4. The number of nitrogens with zero attached hydrogens (tertiary/aromatic N) is 2. The molecule has 0 saturated carbocycles. The third-order valence-corrected chi connectivity index (χ3v) is 6.88. The number of carboxylic acid groups (broad SMARTS) is 1. The summed E-state index contributed by atoms with van der Waals surface area (Å²) in [6.45, 7) is 0.762. The SMILES string of the molecule is O=C(O)C1CCCN1C(c1ccc(-c2ccccc2)cc1)c1nc2ccccc2s1. The molecule has 5 heteroatoms. The monoisotopic (exact) mass is 414 g/mol. The predicted molar refractivity (Wildman–Crippen MR) is 121 cm³/mol. The maximum Gasteiger partial charge on any atom is 0.320 e. The highest BCUT2D eigenvalue weighted by Gasteiger charge is 2.38. The van der Waals surface area contributed by atoms with Crippen molar-refractivity contribution in [1.82, 2.24) is 9.88 Å². The summed E-state index contributed by atoms with van der Waals surface area (Å²) in [5.41, 5.74) is 4.38. The Hall–Kier alpha value is -3.02. The van der Waals surface area contributed by atoms with Gasteiger partial charge in [-0.2, -0.15) is 0 Å². The summed E-state index contributed by atoms with van der Waals surface area (Å²) in [5, 5.41) is 10.8. The molecule has 2 unspecified atom stereocenters. The lowest BCUT2D eigenvalue weighted by Gasteiger charge is -2.30. The Morgan fingerprint density at radius 2 is 1.67 bits per heavy atom. The molecule has 4 nitrogen and oxygen atoms in total. The molecule has 4 aromatic rings. The van der Waals surface area contributed by atoms with Crippen molar-refractivity contribution in [3.63, 3.8) is 0 Å². The van der Waals surface area contributed by atoms with E-state index in [-0.39, 0.29) is 6.04 Å². The maximum atomic E-state index is 11.9. The fourth-order valence-electron chi connectivity index (χ4n) is 4.33. The molecule has 30 heavy (non-hydrogen) atoms. The minimum Gasteiger partial charge on any atom is -0.480 e. The fourth-order valence-corrected chi connectivity index (χ4v) is 5.45. The average Bonchev–Trinajstić information content (AvgIpc) is 3.42. The smallest absolute Gasteiger partial charge is 0.320 e. The van der Waals surface area contributed by atoms with Crippen molar-refractivity contribution in [1.29, 1.82) is 0 Å². The van der Waals surface area contributed by atoms with Crippen molar-refractivity contribution in [2.45, 2.75) is 24.9 Å². The minimum atomic E-state index is -0.750. The van der Waals surface area contributed by atoms with E-state index < -0.39 is 12.0 Å². The van der Waals surface area contributed by atoms with Crippen molar-refractivity contribution >= 4 is 27.5 Å². The molecule has 0 amide bonds. The molecule has 0 radical (unpaired) electrons. The Morgan fingerprint density at radius 3 is 2.40 bits per heavy atom. The van der Waals surface area contributed by atoms with Gasteiger partial charge in [-0.1, -0.05) is 66.7 Å². The van der Waals surface area contributed by atoms with Gasteiger partial charge in [-0.3, -0.25) is 9.69 Å². The van der Waals surface area contributed by atoms with Gasteiger partial charge in [0, 0.05) is 6.54 Å². The van der Waals surface area contributed by atoms with Crippen LogP contribution in [0.4, 0.5) is 0 Å². The number of rotatable bonds is 5. The zero-order chi connectivity index (χ0) is 20.5. The molecular formula is C25H22N2O2S. The Kier molecular flexibility index (Phi) is 5.07. The highest BCUT2D eigenvalue weighted by molar-refractivity contribution is 7.18. The minimum absolute atomic E-state index is 0.157. The quantitative estimate of drug-likeness (QED) is 0.462. The molecular weight excluding hydrogens is 392 g/mol. The van der Waals surface area contributed by atoms with Crippen molar-refractivity contribution in [3.05, 3.63) is 89.4 Å². The van der Waals surface area contributed by atoms with Crippen LogP contribution in [0, 0.1) is 0 Å². The van der Waals surface area contributed by atoms with Gasteiger partial charge in [-0.15, -0.1) is 11.3 Å². The normalized spacial score (nSPS) is 17.9. The van der Waals surface area contributed by atoms with Gasteiger partial charge in [0.2, 0.25) is 0 Å². The summed E-state index contributed by atoms with van der Waals surface area (Å²) in [6.07, 6.45) is 1.57. The largest absolute Gasteiger partial charge is 0.480 e. The predicted octanol–water partition coefficient (Wildman–Crippen LogP) is 5.60. The van der Waals surface area contributed by atoms with Crippen LogP contribution in [0.1, 0.15) is 29.5 Å². The molecule has 2 atom stereocenters. The van der Waals surface area contributed by atoms with E-state index in [1.807, 2.05) is 36.4 Å². The Bertz CT molecular complexity index is 1140. The number of likely N-dealkylation sites (tertiary alicyclic amines) is 1. The highest BCUT2D eigenvalue weighted by Crippen LogP contribution is 2.39. The maximum absolute atomic E-state index is 11.9. The molecule has 1 N–H and O–H groups in total. The van der Waals surface area contributed by atoms with Gasteiger partial charge in [0.25, 0.3) is 0 Å². The van der Waals surface area contributed by atoms with E-state index in [2.05, 4.69) is 47.4 Å². The highest BCUT2D eigenvalue weighted by atomic mass is 32.1. The van der Waals surface area contributed by atoms with Crippen LogP contribution < -0.4 is 0 Å². The third kappa shape index (κ3) is 3.51. The summed E-state index contributed by atoms with van der Waals surface area (Å²) in [7, 11) is 0. The van der Waals surface area contributed by atoms with Gasteiger partial charge in [0.15, 0.2) is 0 Å². The first-order valence-corrected chi connectivity index (χ1v) is 11.0. The second-order valence-electron chi connectivity index (χ2n) is 7.64. The van der Waals surface area contributed by atoms with Gasteiger partial charge in [0.1, 0.15) is 11.0 Å². The third-order valence-electron chi connectivity index (χ3n) is 5.79. The van der Waals surface area contributed by atoms with E-state index in [1.54, 1.807) is 11.3 Å². The summed E-state index contributed by atoms with van der Waals surface area (Å²) in [5.74, 6) is -0.750. The molecule has 1 saturated heterocycles. The van der Waals surface area contributed by atoms with Crippen LogP contribution in [0.5, 0.6) is 0 Å². The van der Waals surface area contributed by atoms with Gasteiger partial charge in [0.05, 0.1) is 16.3 Å². The zero-order valence-corrected chi connectivity index (χ0v) is 17.3. The number of carboxylic acids is 1. The zero-order valence-electron chi connectivity index (χ0n) is 16.4. The molecule has 1 aliphatic heterocycles. The number of fused-ring (bicyclic) bond motifs is 1. The summed E-state index contributed by atoms with van der Waals surface area (Å²) in [4.78, 5) is 18.9. The van der Waals surface area contributed by atoms with Crippen molar-refractivity contribution in [2.75, 3.05) is 6.54 Å². The Morgan fingerprint density at radius 1 is 0.967 bits per heavy atom. The van der Waals surface area contributed by atoms with Crippen LogP contribution in [0.25, 0.3) is 21.3 Å². The van der Waals surface area contributed by atoms with E-state index in [9.17, 15) is 9.90 Å². The summed E-state index contributed by atoms with van der Waals surface area (Å²) < 4.78 is 1.13.